The van der Waals surface area contributed by atoms with Gasteiger partial charge in [0.25, 0.3) is 0 Å². The van der Waals surface area contributed by atoms with Gasteiger partial charge in [-0.15, -0.1) is 32.9 Å². The maximum absolute atomic E-state index is 12.7. The fraction of sp³-hybridized carbons (Fsp3) is 0.0870. The third-order valence-electron chi connectivity index (χ3n) is 9.77. The summed E-state index contributed by atoms with van der Waals surface area (Å²) in [6.45, 7) is 0.348. The average molecular weight is 1270 g/mol. The van der Waals surface area contributed by atoms with Crippen LogP contribution in [0, 0.1) is 0 Å². The quantitative estimate of drug-likeness (QED) is 0.100. The van der Waals surface area contributed by atoms with E-state index < -0.39 is 24.1 Å². The number of nitrogens with zero attached hydrogens (tertiary/aromatic N) is 20. The molecule has 34 heteroatoms. The molecule has 80 heavy (non-hydrogen) atoms. The summed E-state index contributed by atoms with van der Waals surface area (Å²) in [6, 6.07) is 18.0. The Bertz CT molecular complexity index is 4040. The van der Waals surface area contributed by atoms with E-state index in [9.17, 15) is 26.3 Å². The van der Waals surface area contributed by atoms with Crippen molar-refractivity contribution in [3.8, 4) is 21.4 Å². The molecule has 3 N–H and O–H groups in total. The molecule has 0 amide bonds. The molecule has 0 atom stereocenters. The van der Waals surface area contributed by atoms with Crippen LogP contribution in [-0.4, -0.2) is 94.0 Å². The van der Waals surface area contributed by atoms with Crippen LogP contribution >= 0.6 is 54.5 Å². The van der Waals surface area contributed by atoms with Crippen LogP contribution in [0.15, 0.2) is 167 Å². The number of fused-ring (bicyclic) bond motifs is 3. The van der Waals surface area contributed by atoms with Gasteiger partial charge in [-0.25, -0.2) is 43.5 Å². The minimum atomic E-state index is -4.69. The van der Waals surface area contributed by atoms with Gasteiger partial charge in [0.1, 0.15) is 16.2 Å². The molecule has 24 nitrogen and oxygen atoms in total. The van der Waals surface area contributed by atoms with Gasteiger partial charge < -0.3 is 25.0 Å². The minimum Gasteiger partial charge on any atom is -0.382 e. The number of anilines is 5. The van der Waals surface area contributed by atoms with Crippen LogP contribution in [0.4, 0.5) is 55.4 Å². The third-order valence-corrected chi connectivity index (χ3v) is 13.3. The van der Waals surface area contributed by atoms with E-state index in [1.807, 2.05) is 35.2 Å². The second-order valence-corrected chi connectivity index (χ2v) is 19.0. The van der Waals surface area contributed by atoms with Crippen molar-refractivity contribution in [3.05, 3.63) is 180 Å². The monoisotopic (exact) mass is 1270 g/mol. The number of hydrogen-bond donors (Lipinski definition) is 2. The number of imidazole rings is 3. The number of rotatable bonds is 9. The highest BCUT2D eigenvalue weighted by Gasteiger charge is 2.39. The Morgan fingerprint density at radius 2 is 1.11 bits per heavy atom. The van der Waals surface area contributed by atoms with E-state index in [4.69, 9.17) is 8.70 Å². The topological polar surface area (TPSA) is 287 Å². The summed E-state index contributed by atoms with van der Waals surface area (Å²) in [5.41, 5.74) is 7.55. The van der Waals surface area contributed by atoms with Crippen LogP contribution in [-0.2, 0) is 24.2 Å². The first-order valence-electron chi connectivity index (χ1n) is 23.4. The normalized spacial score (nSPS) is 11.2. The number of thiophene rings is 2. The Morgan fingerprint density at radius 1 is 0.575 bits per heavy atom. The van der Waals surface area contributed by atoms with Crippen molar-refractivity contribution in [3.63, 3.8) is 0 Å². The van der Waals surface area contributed by atoms with Crippen molar-refractivity contribution >= 4 is 101 Å². The van der Waals surface area contributed by atoms with Crippen molar-refractivity contribution in [2.75, 3.05) is 16.0 Å². The molecule has 0 radical (unpaired) electrons. The second-order valence-electron chi connectivity index (χ2n) is 15.3. The van der Waals surface area contributed by atoms with E-state index in [0.717, 1.165) is 25.7 Å². The highest BCUT2D eigenvalue weighted by molar-refractivity contribution is 9.10. The van der Waals surface area contributed by atoms with E-state index in [1.54, 1.807) is 131 Å². The summed E-state index contributed by atoms with van der Waals surface area (Å²) in [5.74, 6) is 0.121. The molecule has 0 aliphatic rings. The molecule has 0 bridgehead atoms. The standard InChI is InChI=1S/C18H11F3N8OS.C10H8N6.C8H4BrF3N2OS.C6H4BrN3.C4H5N3.H2/c19-18(20,21)17-25-16(27-30-17)12-2-1-11(31-12)10-28(15-9-22-5-6-23-15)14-4-3-13-24-7-8-29(13)26-14;1-2-10-13-5-6-16(10)15-8(1)14-9-7-11-3-4-12-9;9-3-4-1-2-5(16-4)6-13-7(15-14-6)8(10,11)12;7-5-1-2-6-8-3-4-10(6)9-5;5-4-3-6-1-2-7-4;/h1-9H,10H2;1-7H,(H,12,14,15);1-2H,3H2;1-4H;1-3H,(H2,5,7);1H/i;;;;;1+2D. The zero-order valence-corrected chi connectivity index (χ0v) is 44.8. The predicted octanol–water partition coefficient (Wildman–Crippen LogP) is 10.8. The van der Waals surface area contributed by atoms with Crippen molar-refractivity contribution < 1.29 is 38.4 Å². The fourth-order valence-corrected chi connectivity index (χ4v) is 8.86. The molecular formula is C46H34Br2F6N22O2S2. The lowest BCUT2D eigenvalue weighted by Gasteiger charge is -2.21. The van der Waals surface area contributed by atoms with E-state index in [0.29, 0.717) is 56.4 Å². The predicted molar refractivity (Wildman–Crippen MR) is 286 cm³/mol. The van der Waals surface area contributed by atoms with Crippen LogP contribution in [0.3, 0.4) is 0 Å². The zero-order valence-electron chi connectivity index (χ0n) is 42.0. The molecule has 0 aliphatic heterocycles. The van der Waals surface area contributed by atoms with Gasteiger partial charge in [0.2, 0.25) is 11.6 Å². The van der Waals surface area contributed by atoms with Crippen LogP contribution in [0.5, 0.6) is 0 Å². The summed E-state index contributed by atoms with van der Waals surface area (Å²) in [4.78, 5) is 47.6. The lowest BCUT2D eigenvalue weighted by Crippen LogP contribution is -2.19. The Hall–Kier alpha value is -9.28. The lowest BCUT2D eigenvalue weighted by atomic mass is 10.3. The summed E-state index contributed by atoms with van der Waals surface area (Å²) < 4.78 is 99.1. The lowest BCUT2D eigenvalue weighted by molar-refractivity contribution is -0.160. The van der Waals surface area contributed by atoms with Gasteiger partial charge in [-0.3, -0.25) is 15.0 Å². The highest BCUT2D eigenvalue weighted by Crippen LogP contribution is 2.35. The van der Waals surface area contributed by atoms with Gasteiger partial charge >= 0.3 is 24.1 Å². The molecule has 408 valence electrons. The molecular weight excluding hydrogens is 1230 g/mol. The van der Waals surface area contributed by atoms with Crippen LogP contribution < -0.4 is 16.0 Å². The van der Waals surface area contributed by atoms with E-state index >= 15 is 0 Å². The third kappa shape index (κ3) is 14.8. The summed E-state index contributed by atoms with van der Waals surface area (Å²) >= 11 is 9.06. The number of alkyl halides is 7. The van der Waals surface area contributed by atoms with Crippen molar-refractivity contribution in [2.24, 2.45) is 0 Å². The maximum Gasteiger partial charge on any atom is 0.471 e. The van der Waals surface area contributed by atoms with Crippen molar-refractivity contribution in [1.29, 1.82) is 0 Å². The van der Waals surface area contributed by atoms with Gasteiger partial charge in [0.15, 0.2) is 34.4 Å². The first-order valence-corrected chi connectivity index (χ1v) is 25.9. The molecule has 13 rings (SSSR count). The van der Waals surface area contributed by atoms with Gasteiger partial charge in [-0.2, -0.15) is 41.4 Å². The first kappa shape index (κ1) is 54.1. The molecule has 0 fully saturated rings. The molecule has 0 unspecified atom stereocenters. The Morgan fingerprint density at radius 3 is 1.62 bits per heavy atom. The van der Waals surface area contributed by atoms with Crippen molar-refractivity contribution in [1.82, 2.24) is 94.0 Å². The smallest absolute Gasteiger partial charge is 0.382 e. The van der Waals surface area contributed by atoms with E-state index in [2.05, 4.69) is 127 Å². The summed E-state index contributed by atoms with van der Waals surface area (Å²) in [5, 5.41) is 23.4. The van der Waals surface area contributed by atoms with Crippen LogP contribution in [0.1, 0.15) is 24.5 Å². The van der Waals surface area contributed by atoms with Crippen LogP contribution in [0.2, 0.25) is 0 Å². The molecule has 13 aromatic heterocycles. The number of nitrogens with one attached hydrogen (secondary N) is 1. The van der Waals surface area contributed by atoms with Gasteiger partial charge in [-0.05, 0) is 76.6 Å². The molecule has 13 heterocycles. The maximum atomic E-state index is 12.7. The molecule has 0 aliphatic carbocycles. The Labute approximate surface area is 471 Å². The zero-order chi connectivity index (χ0) is 58.1. The van der Waals surface area contributed by atoms with Gasteiger partial charge in [0, 0.05) is 92.4 Å². The van der Waals surface area contributed by atoms with E-state index in [-0.39, 0.29) is 11.6 Å². The second kappa shape index (κ2) is 25.5. The van der Waals surface area contributed by atoms with Crippen LogP contribution in [0.25, 0.3) is 38.3 Å². The molecule has 0 spiro atoms. The number of aromatic nitrogens is 19. The molecule has 13 aromatic rings. The number of nitrogens with two attached hydrogens (primary N) is 1. The first-order chi connectivity index (χ1) is 39.6. The minimum absolute atomic E-state index is 0.0375. The number of halogens is 8. The molecule has 0 saturated heterocycles. The van der Waals surface area contributed by atoms with Gasteiger partial charge in [-0.1, -0.05) is 26.2 Å². The summed E-state index contributed by atoms with van der Waals surface area (Å²) in [7, 11) is 0. The Kier molecular flexibility index (Phi) is 17.2. The average Bonchev–Trinajstić information content (AvgIpc) is 4.53. The molecule has 0 saturated carbocycles. The summed E-state index contributed by atoms with van der Waals surface area (Å²) in [6.07, 6.45) is 15.3. The highest BCUT2D eigenvalue weighted by atomic mass is 79.9. The van der Waals surface area contributed by atoms with E-state index in [1.165, 1.54) is 28.9 Å². The largest absolute Gasteiger partial charge is 0.471 e. The number of hydrogen-bond acceptors (Lipinski definition) is 23. The Balaban J connectivity index is 0.000000146. The number of nitrogen functional groups attached to an aromatic ring is 1. The fourth-order valence-electron chi connectivity index (χ4n) is 6.32. The van der Waals surface area contributed by atoms with Gasteiger partial charge in [0.05, 0.1) is 34.9 Å². The SMILES string of the molecule is Brc1ccc2nccn2n1.FC(F)(F)c1nc(-c2ccc(CBr)s2)no1.FC(F)(F)c1nc(-c2ccc(CN(c3cnccn3)c3ccc4nccn4n3)s2)no1.Nc1cnccn1.[2H][3H].c1cnc(Nc2ccc3nccn3n2)cn1. The van der Waals surface area contributed by atoms with Crippen molar-refractivity contribution in [2.45, 2.75) is 24.2 Å². The molecule has 0 aromatic carbocycles.